The minimum Gasteiger partial charge on any atom is -0.481 e. The number of carbonyl (C=O) groups excluding carboxylic acids is 1. The van der Waals surface area contributed by atoms with E-state index in [1.165, 1.54) is 4.90 Å². The molecule has 2 N–H and O–H groups in total. The highest BCUT2D eigenvalue weighted by molar-refractivity contribution is 5.98. The SMILES string of the molecule is Cc1cccc2cc(C(=O)N(C)CCC(=O)O)[nH]c12. The van der Waals surface area contributed by atoms with Gasteiger partial charge in [-0.25, -0.2) is 0 Å². The van der Waals surface area contributed by atoms with Crippen LogP contribution in [0.4, 0.5) is 0 Å². The minimum absolute atomic E-state index is 0.0541. The molecule has 0 fully saturated rings. The number of fused-ring (bicyclic) bond motifs is 1. The molecular formula is C14H16N2O3. The van der Waals surface area contributed by atoms with Gasteiger partial charge in [0.1, 0.15) is 5.69 Å². The van der Waals surface area contributed by atoms with Crippen molar-refractivity contribution in [1.29, 1.82) is 0 Å². The number of aromatic amines is 1. The van der Waals surface area contributed by atoms with E-state index in [0.717, 1.165) is 16.5 Å². The molecule has 19 heavy (non-hydrogen) atoms. The molecule has 0 bridgehead atoms. The molecule has 0 saturated carbocycles. The first-order chi connectivity index (χ1) is 8.99. The van der Waals surface area contributed by atoms with Crippen LogP contribution in [0.3, 0.4) is 0 Å². The molecule has 100 valence electrons. The van der Waals surface area contributed by atoms with Crippen molar-refractivity contribution in [3.05, 3.63) is 35.5 Å². The number of nitrogens with zero attached hydrogens (tertiary/aromatic N) is 1. The van der Waals surface area contributed by atoms with Gasteiger partial charge in [0.25, 0.3) is 5.91 Å². The molecule has 0 saturated heterocycles. The van der Waals surface area contributed by atoms with Gasteiger partial charge < -0.3 is 15.0 Å². The highest BCUT2D eigenvalue weighted by atomic mass is 16.4. The van der Waals surface area contributed by atoms with Crippen molar-refractivity contribution < 1.29 is 14.7 Å². The first kappa shape index (κ1) is 13.1. The maximum Gasteiger partial charge on any atom is 0.305 e. The van der Waals surface area contributed by atoms with Crippen molar-refractivity contribution in [2.75, 3.05) is 13.6 Å². The Balaban J connectivity index is 2.21. The van der Waals surface area contributed by atoms with Gasteiger partial charge in [-0.15, -0.1) is 0 Å². The topological polar surface area (TPSA) is 73.4 Å². The van der Waals surface area contributed by atoms with Crippen LogP contribution in [-0.2, 0) is 4.79 Å². The van der Waals surface area contributed by atoms with Crippen molar-refractivity contribution >= 4 is 22.8 Å². The van der Waals surface area contributed by atoms with Crippen LogP contribution in [0.1, 0.15) is 22.5 Å². The lowest BCUT2D eigenvalue weighted by Gasteiger charge is -2.14. The van der Waals surface area contributed by atoms with Gasteiger partial charge in [0.15, 0.2) is 0 Å². The van der Waals surface area contributed by atoms with Crippen molar-refractivity contribution in [2.45, 2.75) is 13.3 Å². The second-order valence-corrected chi connectivity index (χ2v) is 4.59. The molecule has 2 aromatic rings. The van der Waals surface area contributed by atoms with Crippen LogP contribution in [0.2, 0.25) is 0 Å². The van der Waals surface area contributed by atoms with Gasteiger partial charge in [-0.2, -0.15) is 0 Å². The van der Waals surface area contributed by atoms with E-state index in [2.05, 4.69) is 4.98 Å². The van der Waals surface area contributed by atoms with Gasteiger partial charge in [-0.3, -0.25) is 9.59 Å². The van der Waals surface area contributed by atoms with E-state index >= 15 is 0 Å². The molecule has 0 aliphatic rings. The standard InChI is InChI=1S/C14H16N2O3/c1-9-4-3-5-10-8-11(15-13(9)10)14(19)16(2)7-6-12(17)18/h3-5,8,15H,6-7H2,1-2H3,(H,17,18). The number of aliphatic carboxylic acids is 1. The largest absolute Gasteiger partial charge is 0.481 e. The first-order valence-corrected chi connectivity index (χ1v) is 6.04. The summed E-state index contributed by atoms with van der Waals surface area (Å²) in [6, 6.07) is 7.64. The highest BCUT2D eigenvalue weighted by Gasteiger charge is 2.15. The molecule has 1 amide bonds. The molecule has 0 radical (unpaired) electrons. The van der Waals surface area contributed by atoms with E-state index in [9.17, 15) is 9.59 Å². The number of aromatic nitrogens is 1. The third kappa shape index (κ3) is 2.76. The Labute approximate surface area is 110 Å². The van der Waals surface area contributed by atoms with Crippen molar-refractivity contribution in [3.63, 3.8) is 0 Å². The molecule has 0 atom stereocenters. The average molecular weight is 260 g/mol. The Morgan fingerprint density at radius 1 is 1.37 bits per heavy atom. The van der Waals surface area contributed by atoms with Gasteiger partial charge in [0.2, 0.25) is 0 Å². The molecule has 0 spiro atoms. The highest BCUT2D eigenvalue weighted by Crippen LogP contribution is 2.19. The third-order valence-corrected chi connectivity index (χ3v) is 3.10. The van der Waals surface area contributed by atoms with Gasteiger partial charge in [-0.1, -0.05) is 18.2 Å². The molecule has 1 heterocycles. The number of aryl methyl sites for hydroxylation is 1. The second-order valence-electron chi connectivity index (χ2n) is 4.59. The number of rotatable bonds is 4. The van der Waals surface area contributed by atoms with E-state index < -0.39 is 5.97 Å². The Bertz CT molecular complexity index is 631. The van der Waals surface area contributed by atoms with E-state index in [4.69, 9.17) is 5.11 Å². The van der Waals surface area contributed by atoms with Crippen LogP contribution in [-0.4, -0.2) is 40.5 Å². The predicted molar refractivity (Wildman–Crippen MR) is 72.2 cm³/mol. The number of amides is 1. The number of hydrogen-bond acceptors (Lipinski definition) is 2. The number of nitrogens with one attached hydrogen (secondary N) is 1. The van der Waals surface area contributed by atoms with Gasteiger partial charge in [0.05, 0.1) is 6.42 Å². The number of H-pyrrole nitrogens is 1. The molecular weight excluding hydrogens is 244 g/mol. The van der Waals surface area contributed by atoms with Crippen LogP contribution >= 0.6 is 0 Å². The maximum absolute atomic E-state index is 12.1. The zero-order chi connectivity index (χ0) is 14.0. The summed E-state index contributed by atoms with van der Waals surface area (Å²) in [6.07, 6.45) is -0.0541. The van der Waals surface area contributed by atoms with E-state index in [1.807, 2.05) is 25.1 Å². The van der Waals surface area contributed by atoms with E-state index in [0.29, 0.717) is 5.69 Å². The minimum atomic E-state index is -0.910. The smallest absolute Gasteiger partial charge is 0.305 e. The summed E-state index contributed by atoms with van der Waals surface area (Å²) in [5.41, 5.74) is 2.50. The monoisotopic (exact) mass is 260 g/mol. The lowest BCUT2D eigenvalue weighted by Crippen LogP contribution is -2.29. The zero-order valence-corrected chi connectivity index (χ0v) is 10.9. The van der Waals surface area contributed by atoms with Gasteiger partial charge >= 0.3 is 5.97 Å². The predicted octanol–water partition coefficient (Wildman–Crippen LogP) is 2.02. The number of para-hydroxylation sites is 1. The van der Waals surface area contributed by atoms with Gasteiger partial charge in [0, 0.05) is 24.5 Å². The van der Waals surface area contributed by atoms with Gasteiger partial charge in [-0.05, 0) is 18.6 Å². The fourth-order valence-electron chi connectivity index (χ4n) is 1.99. The summed E-state index contributed by atoms with van der Waals surface area (Å²) >= 11 is 0. The Morgan fingerprint density at radius 2 is 2.11 bits per heavy atom. The van der Waals surface area contributed by atoms with Crippen LogP contribution in [0.15, 0.2) is 24.3 Å². The summed E-state index contributed by atoms with van der Waals surface area (Å²) in [7, 11) is 1.60. The first-order valence-electron chi connectivity index (χ1n) is 6.04. The zero-order valence-electron chi connectivity index (χ0n) is 10.9. The van der Waals surface area contributed by atoms with E-state index in [1.54, 1.807) is 13.1 Å². The maximum atomic E-state index is 12.1. The molecule has 1 aromatic carbocycles. The lowest BCUT2D eigenvalue weighted by atomic mass is 10.2. The number of benzene rings is 1. The molecule has 2 rings (SSSR count). The number of hydrogen-bond donors (Lipinski definition) is 2. The summed E-state index contributed by atoms with van der Waals surface area (Å²) in [5.74, 6) is -1.11. The van der Waals surface area contributed by atoms with Crippen molar-refractivity contribution in [3.8, 4) is 0 Å². The summed E-state index contributed by atoms with van der Waals surface area (Å²) in [5, 5.41) is 9.60. The summed E-state index contributed by atoms with van der Waals surface area (Å²) in [6.45, 7) is 2.17. The number of carbonyl (C=O) groups is 2. The summed E-state index contributed by atoms with van der Waals surface area (Å²) < 4.78 is 0. The molecule has 0 aliphatic heterocycles. The number of carboxylic acids is 1. The van der Waals surface area contributed by atoms with Crippen LogP contribution < -0.4 is 0 Å². The molecule has 5 nitrogen and oxygen atoms in total. The normalized spacial score (nSPS) is 10.6. The van der Waals surface area contributed by atoms with Crippen LogP contribution in [0.25, 0.3) is 10.9 Å². The van der Waals surface area contributed by atoms with Crippen LogP contribution in [0.5, 0.6) is 0 Å². The lowest BCUT2D eigenvalue weighted by molar-refractivity contribution is -0.137. The Hall–Kier alpha value is -2.30. The van der Waals surface area contributed by atoms with Crippen LogP contribution in [0, 0.1) is 6.92 Å². The summed E-state index contributed by atoms with van der Waals surface area (Å²) in [4.78, 5) is 27.1. The average Bonchev–Trinajstić information content (AvgIpc) is 2.80. The Kier molecular flexibility index (Phi) is 3.55. The molecule has 1 aromatic heterocycles. The molecule has 5 heteroatoms. The fraction of sp³-hybridized carbons (Fsp3) is 0.286. The second kappa shape index (κ2) is 5.14. The fourth-order valence-corrected chi connectivity index (χ4v) is 1.99. The van der Waals surface area contributed by atoms with E-state index in [-0.39, 0.29) is 18.9 Å². The van der Waals surface area contributed by atoms with Crippen molar-refractivity contribution in [2.24, 2.45) is 0 Å². The molecule has 0 unspecified atom stereocenters. The third-order valence-electron chi connectivity index (χ3n) is 3.10. The number of carboxylic acid groups (broad SMARTS) is 1. The molecule has 0 aliphatic carbocycles. The Morgan fingerprint density at radius 3 is 2.74 bits per heavy atom. The quantitative estimate of drug-likeness (QED) is 0.883. The van der Waals surface area contributed by atoms with Crippen molar-refractivity contribution in [1.82, 2.24) is 9.88 Å².